The Labute approximate surface area is 332 Å². The first-order chi connectivity index (χ1) is 25.8. The number of halogens is 2. The number of aliphatic hydroxyl groups is 1. The van der Waals surface area contributed by atoms with Gasteiger partial charge in [0.15, 0.2) is 11.4 Å². The highest BCUT2D eigenvalue weighted by Gasteiger charge is 2.76. The lowest BCUT2D eigenvalue weighted by Gasteiger charge is -2.64. The molecule has 4 aliphatic carbocycles. The molecule has 4 rings (SSSR count). The largest absolute Gasteiger partial charge is 0.481 e. The number of carboxylic acid groups (broad SMARTS) is 1. The summed E-state index contributed by atoms with van der Waals surface area (Å²) in [5, 5.41) is 30.4. The number of ketones is 2. The number of alkyl halides is 2. The van der Waals surface area contributed by atoms with Gasteiger partial charge in [-0.1, -0.05) is 55.3 Å². The van der Waals surface area contributed by atoms with E-state index in [0.717, 1.165) is 5.57 Å². The van der Waals surface area contributed by atoms with Crippen LogP contribution in [0.1, 0.15) is 72.6 Å². The van der Waals surface area contributed by atoms with Crippen molar-refractivity contribution in [2.45, 2.75) is 95.3 Å². The van der Waals surface area contributed by atoms with Crippen LogP contribution in [0.2, 0.25) is 0 Å². The van der Waals surface area contributed by atoms with E-state index in [2.05, 4.69) is 37.2 Å². The summed E-state index contributed by atoms with van der Waals surface area (Å²) in [5.41, 5.74) is -2.70. The van der Waals surface area contributed by atoms with Gasteiger partial charge in [0.1, 0.15) is 19.4 Å². The minimum Gasteiger partial charge on any atom is -0.481 e. The molecule has 0 radical (unpaired) electrons. The zero-order valence-electron chi connectivity index (χ0n) is 31.3. The van der Waals surface area contributed by atoms with E-state index < -0.39 is 114 Å². The Hall–Kier alpha value is -3.67. The van der Waals surface area contributed by atoms with Gasteiger partial charge in [-0.15, -0.1) is 11.6 Å². The van der Waals surface area contributed by atoms with Crippen LogP contribution in [0.25, 0.3) is 0 Å². The van der Waals surface area contributed by atoms with Gasteiger partial charge in [-0.25, -0.2) is 0 Å². The molecule has 4 amide bonds. The van der Waals surface area contributed by atoms with Gasteiger partial charge in [0.2, 0.25) is 29.4 Å². The normalized spacial score (nSPS) is 32.4. The van der Waals surface area contributed by atoms with E-state index in [0.29, 0.717) is 19.3 Å². The maximum Gasteiger partial charge on any atom is 0.306 e. The van der Waals surface area contributed by atoms with Gasteiger partial charge in [-0.05, 0) is 56.1 Å². The minimum absolute atomic E-state index is 0.00381. The second kappa shape index (κ2) is 17.6. The lowest BCUT2D eigenvalue weighted by atomic mass is 9.45. The number of fused-ring (bicyclic) bond motifs is 5. The summed E-state index contributed by atoms with van der Waals surface area (Å²) in [5.74, 6) is -6.32. The lowest BCUT2D eigenvalue weighted by Crippen LogP contribution is -2.69. The molecule has 0 aromatic carbocycles. The third-order valence-corrected chi connectivity index (χ3v) is 13.5. The lowest BCUT2D eigenvalue weighted by molar-refractivity contribution is -0.203. The molecule has 0 saturated heterocycles. The highest BCUT2D eigenvalue weighted by Crippen LogP contribution is 2.72. The van der Waals surface area contributed by atoms with Gasteiger partial charge in [-0.2, -0.15) is 0 Å². The van der Waals surface area contributed by atoms with Crippen LogP contribution in [0.15, 0.2) is 23.8 Å². The SMILES string of the molecule is CCC(=O)O[C@]1(C(=O)COCNC(=O)CNC(=O)[C@H](CCC(=O)O)NC(=O)CNC(=O)CBr)[C@@H](C)CC2[C@@H]3CCC4=CC(=O)C=C[C@]4(C)[C@@]3(Cl)[C@@H](O)C[C@@]21C. The molecule has 0 bridgehead atoms. The molecule has 0 heterocycles. The predicted molar refractivity (Wildman–Crippen MR) is 199 cm³/mol. The Morgan fingerprint density at radius 2 is 1.73 bits per heavy atom. The molecule has 0 aliphatic heterocycles. The number of Topliss-reactive ketones (excluding diaryl/α,β-unsaturated/α-hetero) is 1. The minimum atomic E-state index is -1.69. The molecule has 3 fully saturated rings. The molecule has 18 heteroatoms. The molecular weight excluding hydrogens is 808 g/mol. The fourth-order valence-electron chi connectivity index (χ4n) is 9.39. The summed E-state index contributed by atoms with van der Waals surface area (Å²) >= 11 is 10.5. The van der Waals surface area contributed by atoms with Crippen LogP contribution >= 0.6 is 27.5 Å². The molecule has 0 aromatic rings. The number of carbonyl (C=O) groups excluding carboxylic acids is 7. The van der Waals surface area contributed by atoms with Gasteiger partial charge in [0, 0.05) is 29.6 Å². The average molecular weight is 858 g/mol. The first-order valence-corrected chi connectivity index (χ1v) is 19.8. The second-order valence-electron chi connectivity index (χ2n) is 15.2. The van der Waals surface area contributed by atoms with Crippen LogP contribution in [-0.2, 0) is 47.8 Å². The molecule has 0 aromatic heterocycles. The van der Waals surface area contributed by atoms with Crippen molar-refractivity contribution in [3.8, 4) is 0 Å². The molecule has 4 aliphatic rings. The number of allylic oxidation sites excluding steroid dienone is 4. The number of nitrogens with one attached hydrogen (secondary N) is 4. The number of esters is 1. The molecule has 3 saturated carbocycles. The fourth-order valence-corrected chi connectivity index (χ4v) is 10.1. The summed E-state index contributed by atoms with van der Waals surface area (Å²) in [6, 6.07) is -1.31. The molecule has 16 nitrogen and oxygen atoms in total. The van der Waals surface area contributed by atoms with Gasteiger partial charge < -0.3 is 41.0 Å². The quantitative estimate of drug-likeness (QED) is 0.0524. The molecule has 304 valence electrons. The van der Waals surface area contributed by atoms with Gasteiger partial charge in [0.05, 0.1) is 29.4 Å². The summed E-state index contributed by atoms with van der Waals surface area (Å²) in [6.45, 7) is 5.17. The first kappa shape index (κ1) is 44.0. The molecule has 6 N–H and O–H groups in total. The van der Waals surface area contributed by atoms with E-state index in [1.165, 1.54) is 6.08 Å². The van der Waals surface area contributed by atoms with Crippen molar-refractivity contribution in [2.24, 2.45) is 28.6 Å². The smallest absolute Gasteiger partial charge is 0.306 e. The van der Waals surface area contributed by atoms with Crippen molar-refractivity contribution in [1.82, 2.24) is 21.3 Å². The van der Waals surface area contributed by atoms with Gasteiger partial charge in [-0.3, -0.25) is 38.4 Å². The topological polar surface area (TPSA) is 244 Å². The van der Waals surface area contributed by atoms with Crippen molar-refractivity contribution in [3.63, 3.8) is 0 Å². The van der Waals surface area contributed by atoms with Crippen LogP contribution in [0.4, 0.5) is 0 Å². The Morgan fingerprint density at radius 1 is 1.04 bits per heavy atom. The van der Waals surface area contributed by atoms with Crippen molar-refractivity contribution in [1.29, 1.82) is 0 Å². The van der Waals surface area contributed by atoms with Crippen molar-refractivity contribution in [2.75, 3.05) is 31.8 Å². The Bertz CT molecular complexity index is 1660. The summed E-state index contributed by atoms with van der Waals surface area (Å²) < 4.78 is 11.7. The van der Waals surface area contributed by atoms with E-state index in [1.807, 2.05) is 20.8 Å². The number of carboxylic acids is 1. The Morgan fingerprint density at radius 3 is 2.38 bits per heavy atom. The van der Waals surface area contributed by atoms with Crippen LogP contribution in [0.3, 0.4) is 0 Å². The summed E-state index contributed by atoms with van der Waals surface area (Å²) in [4.78, 5) is 98.5. The monoisotopic (exact) mass is 856 g/mol. The second-order valence-corrected chi connectivity index (χ2v) is 16.3. The number of amides is 4. The molecule has 1 unspecified atom stereocenters. The molecular formula is C37H50BrClN4O12. The maximum absolute atomic E-state index is 14.4. The number of aliphatic carboxylic acids is 1. The Balaban J connectivity index is 1.41. The van der Waals surface area contributed by atoms with Crippen LogP contribution in [0, 0.1) is 28.6 Å². The van der Waals surface area contributed by atoms with E-state index in [1.54, 1.807) is 19.1 Å². The number of aliphatic hydroxyl groups excluding tert-OH is 1. The van der Waals surface area contributed by atoms with Crippen LogP contribution < -0.4 is 21.3 Å². The van der Waals surface area contributed by atoms with Crippen molar-refractivity contribution < 1.29 is 58.0 Å². The van der Waals surface area contributed by atoms with E-state index in [-0.39, 0.29) is 42.2 Å². The van der Waals surface area contributed by atoms with Crippen molar-refractivity contribution in [3.05, 3.63) is 23.8 Å². The maximum atomic E-state index is 14.4. The van der Waals surface area contributed by atoms with Gasteiger partial charge >= 0.3 is 11.9 Å². The molecule has 9 atom stereocenters. The number of carbonyl (C=O) groups is 8. The standard InChI is InChI=1S/C37H50BrClN4O12/c1-5-32(52)55-37(20(2)12-24-23-7-6-21-13-22(44)10-11-34(21,3)36(23,39)26(45)14-35(24,37)4)27(46)18-54-19-42-29(48)16-41-33(53)25(8-9-31(50)51)43-30(49)17-40-28(47)15-38/h10-11,13,20,23-26,45H,5-9,12,14-19H2,1-4H3,(H,40,47)(H,41,53)(H,42,48)(H,43,49)(H,50,51)/t20-,23-,24?,25-,26-,34-,35-,36-,37-/m0/s1. The van der Waals surface area contributed by atoms with E-state index in [9.17, 15) is 43.5 Å². The van der Waals surface area contributed by atoms with Crippen LogP contribution in [0.5, 0.6) is 0 Å². The van der Waals surface area contributed by atoms with Crippen LogP contribution in [-0.4, -0.2) is 112 Å². The number of hydrogen-bond donors (Lipinski definition) is 6. The summed E-state index contributed by atoms with van der Waals surface area (Å²) in [6.07, 6.45) is 4.60. The highest BCUT2D eigenvalue weighted by atomic mass is 79.9. The zero-order valence-corrected chi connectivity index (χ0v) is 33.7. The first-order valence-electron chi connectivity index (χ1n) is 18.3. The number of rotatable bonds is 17. The molecule has 55 heavy (non-hydrogen) atoms. The molecule has 0 spiro atoms. The average Bonchev–Trinajstić information content (AvgIpc) is 3.35. The van der Waals surface area contributed by atoms with E-state index in [4.69, 9.17) is 26.2 Å². The summed E-state index contributed by atoms with van der Waals surface area (Å²) in [7, 11) is 0. The predicted octanol–water partition coefficient (Wildman–Crippen LogP) is 1.20. The third kappa shape index (κ3) is 8.54. The zero-order chi connectivity index (χ0) is 40.9. The Kier molecular flexibility index (Phi) is 14.1. The van der Waals surface area contributed by atoms with Crippen molar-refractivity contribution >= 4 is 74.7 Å². The number of ether oxygens (including phenoxy) is 2. The third-order valence-electron chi connectivity index (χ3n) is 12.1. The van der Waals surface area contributed by atoms with E-state index >= 15 is 0 Å². The fraction of sp³-hybridized carbons (Fsp3) is 0.676. The number of hydrogen-bond acceptors (Lipinski definition) is 11. The highest BCUT2D eigenvalue weighted by molar-refractivity contribution is 9.09. The van der Waals surface area contributed by atoms with Gasteiger partial charge in [0.25, 0.3) is 0 Å².